The van der Waals surface area contributed by atoms with Gasteiger partial charge in [0.25, 0.3) is 0 Å². The zero-order valence-corrected chi connectivity index (χ0v) is 27.4. The average molecular weight is 637 g/mol. The third-order valence-corrected chi connectivity index (χ3v) is 10.1. The molecule has 0 aliphatic rings. The van der Waals surface area contributed by atoms with Crippen LogP contribution in [0, 0.1) is 0 Å². The SMILES string of the molecule is c1ccc(-c2ccc(-c3cccc(-n4c5ccccc5c5ccc(-c6ccc7c8ccccc8n(-c8ccccc8)c7c6)cc54)c3)cc2)cc1. The zero-order chi connectivity index (χ0) is 33.0. The monoisotopic (exact) mass is 636 g/mol. The predicted octanol–water partition coefficient (Wildman–Crippen LogP) is 12.9. The van der Waals surface area contributed by atoms with Crippen molar-refractivity contribution in [3.05, 3.63) is 194 Å². The van der Waals surface area contributed by atoms with E-state index >= 15 is 0 Å². The molecule has 50 heavy (non-hydrogen) atoms. The number of hydrogen-bond acceptors (Lipinski definition) is 0. The van der Waals surface area contributed by atoms with Gasteiger partial charge in [0, 0.05) is 32.9 Å². The van der Waals surface area contributed by atoms with Crippen molar-refractivity contribution in [2.45, 2.75) is 0 Å². The molecular formula is C48H32N2. The lowest BCUT2D eigenvalue weighted by Crippen LogP contribution is -1.95. The Labute approximate surface area is 290 Å². The summed E-state index contributed by atoms with van der Waals surface area (Å²) in [6.07, 6.45) is 0. The summed E-state index contributed by atoms with van der Waals surface area (Å²) in [6.45, 7) is 0. The van der Waals surface area contributed by atoms with Crippen molar-refractivity contribution in [2.24, 2.45) is 0 Å². The zero-order valence-electron chi connectivity index (χ0n) is 27.4. The summed E-state index contributed by atoms with van der Waals surface area (Å²) in [5, 5.41) is 5.04. The second kappa shape index (κ2) is 11.5. The molecule has 0 unspecified atom stereocenters. The summed E-state index contributed by atoms with van der Waals surface area (Å²) in [4.78, 5) is 0. The molecule has 2 aromatic heterocycles. The van der Waals surface area contributed by atoms with Gasteiger partial charge in [0.2, 0.25) is 0 Å². The molecule has 2 heterocycles. The molecule has 10 rings (SSSR count). The van der Waals surface area contributed by atoms with Gasteiger partial charge in [0.15, 0.2) is 0 Å². The normalized spacial score (nSPS) is 11.6. The molecule has 0 amide bonds. The van der Waals surface area contributed by atoms with Crippen LogP contribution in [0.2, 0.25) is 0 Å². The fraction of sp³-hybridized carbons (Fsp3) is 0. The van der Waals surface area contributed by atoms with E-state index < -0.39 is 0 Å². The van der Waals surface area contributed by atoms with Crippen LogP contribution in [0.25, 0.3) is 88.4 Å². The van der Waals surface area contributed by atoms with Gasteiger partial charge in [-0.05, 0) is 81.9 Å². The predicted molar refractivity (Wildman–Crippen MR) is 211 cm³/mol. The van der Waals surface area contributed by atoms with Crippen molar-refractivity contribution < 1.29 is 0 Å². The van der Waals surface area contributed by atoms with Gasteiger partial charge in [-0.2, -0.15) is 0 Å². The minimum absolute atomic E-state index is 1.15. The first-order valence-electron chi connectivity index (χ1n) is 17.2. The second-order valence-electron chi connectivity index (χ2n) is 13.0. The largest absolute Gasteiger partial charge is 0.309 e. The lowest BCUT2D eigenvalue weighted by atomic mass is 10.00. The van der Waals surface area contributed by atoms with E-state index in [-0.39, 0.29) is 0 Å². The summed E-state index contributed by atoms with van der Waals surface area (Å²) in [6, 6.07) is 70.4. The van der Waals surface area contributed by atoms with Crippen LogP contribution in [0.5, 0.6) is 0 Å². The number of aromatic nitrogens is 2. The van der Waals surface area contributed by atoms with Crippen LogP contribution < -0.4 is 0 Å². The summed E-state index contributed by atoms with van der Waals surface area (Å²) >= 11 is 0. The summed E-state index contributed by atoms with van der Waals surface area (Å²) in [7, 11) is 0. The molecule has 0 radical (unpaired) electrons. The molecule has 0 aliphatic carbocycles. The van der Waals surface area contributed by atoms with Crippen LogP contribution in [-0.4, -0.2) is 9.13 Å². The van der Waals surface area contributed by atoms with Crippen molar-refractivity contribution in [1.82, 2.24) is 9.13 Å². The summed E-state index contributed by atoms with van der Waals surface area (Å²) < 4.78 is 4.82. The third-order valence-electron chi connectivity index (χ3n) is 10.1. The van der Waals surface area contributed by atoms with E-state index in [0.29, 0.717) is 0 Å². The van der Waals surface area contributed by atoms with Crippen LogP contribution in [0.3, 0.4) is 0 Å². The highest BCUT2D eigenvalue weighted by Crippen LogP contribution is 2.38. The molecule has 0 saturated heterocycles. The van der Waals surface area contributed by atoms with Gasteiger partial charge >= 0.3 is 0 Å². The number of rotatable bonds is 5. The van der Waals surface area contributed by atoms with Crippen molar-refractivity contribution in [3.63, 3.8) is 0 Å². The summed E-state index contributed by atoms with van der Waals surface area (Å²) in [5.41, 5.74) is 14.4. The minimum Gasteiger partial charge on any atom is -0.309 e. The maximum atomic E-state index is 2.43. The molecular weight excluding hydrogens is 605 g/mol. The first kappa shape index (κ1) is 28.4. The van der Waals surface area contributed by atoms with Gasteiger partial charge in [-0.1, -0.05) is 146 Å². The highest BCUT2D eigenvalue weighted by molar-refractivity contribution is 6.12. The van der Waals surface area contributed by atoms with Crippen LogP contribution in [0.1, 0.15) is 0 Å². The Hall–Kier alpha value is -6.64. The Bertz CT molecular complexity index is 2840. The van der Waals surface area contributed by atoms with Gasteiger partial charge in [-0.3, -0.25) is 0 Å². The Morgan fingerprint density at radius 2 is 0.600 bits per heavy atom. The van der Waals surface area contributed by atoms with Crippen molar-refractivity contribution in [3.8, 4) is 44.8 Å². The molecule has 0 bridgehead atoms. The quantitative estimate of drug-likeness (QED) is 0.178. The van der Waals surface area contributed by atoms with Crippen LogP contribution in [0.15, 0.2) is 194 Å². The van der Waals surface area contributed by atoms with Crippen molar-refractivity contribution in [2.75, 3.05) is 0 Å². The maximum absolute atomic E-state index is 2.43. The second-order valence-corrected chi connectivity index (χ2v) is 13.0. The molecule has 2 heteroatoms. The Kier molecular flexibility index (Phi) is 6.53. The molecule has 0 atom stereocenters. The van der Waals surface area contributed by atoms with E-state index in [9.17, 15) is 0 Å². The van der Waals surface area contributed by atoms with Crippen LogP contribution in [0.4, 0.5) is 0 Å². The molecule has 0 fully saturated rings. The molecule has 234 valence electrons. The average Bonchev–Trinajstić information content (AvgIpc) is 3.71. The van der Waals surface area contributed by atoms with Gasteiger partial charge in [0.05, 0.1) is 22.1 Å². The first-order valence-corrected chi connectivity index (χ1v) is 17.2. The number of nitrogens with zero attached hydrogens (tertiary/aromatic N) is 2. The molecule has 0 spiro atoms. The number of fused-ring (bicyclic) bond motifs is 6. The van der Waals surface area contributed by atoms with E-state index in [1.54, 1.807) is 0 Å². The smallest absolute Gasteiger partial charge is 0.0547 e. The molecule has 8 aromatic carbocycles. The molecule has 10 aromatic rings. The lowest BCUT2D eigenvalue weighted by Gasteiger charge is -2.12. The fourth-order valence-corrected chi connectivity index (χ4v) is 7.74. The minimum atomic E-state index is 1.15. The molecule has 0 N–H and O–H groups in total. The number of benzene rings is 8. The highest BCUT2D eigenvalue weighted by Gasteiger charge is 2.16. The van der Waals surface area contributed by atoms with E-state index in [2.05, 4.69) is 203 Å². The van der Waals surface area contributed by atoms with Gasteiger partial charge < -0.3 is 9.13 Å². The third kappa shape index (κ3) is 4.57. The van der Waals surface area contributed by atoms with Gasteiger partial charge in [-0.15, -0.1) is 0 Å². The van der Waals surface area contributed by atoms with Crippen LogP contribution in [-0.2, 0) is 0 Å². The lowest BCUT2D eigenvalue weighted by molar-refractivity contribution is 1.18. The molecule has 2 nitrogen and oxygen atoms in total. The number of hydrogen-bond donors (Lipinski definition) is 0. The molecule has 0 aliphatic heterocycles. The van der Waals surface area contributed by atoms with Gasteiger partial charge in [-0.25, -0.2) is 0 Å². The van der Waals surface area contributed by atoms with E-state index in [1.807, 2.05) is 0 Å². The fourth-order valence-electron chi connectivity index (χ4n) is 7.74. The number of para-hydroxylation sites is 3. The standard InChI is InChI=1S/C48H32N2/c1-3-12-33(13-4-1)34-22-24-35(25-23-34)36-14-11-17-40(30-36)50-46-21-10-8-19-42(46)44-29-27-38(32-48(44)50)37-26-28-43-41-18-7-9-20-45(41)49(47(43)31-37)39-15-5-2-6-16-39/h1-32H. The van der Waals surface area contributed by atoms with Crippen molar-refractivity contribution >= 4 is 43.6 Å². The maximum Gasteiger partial charge on any atom is 0.0547 e. The summed E-state index contributed by atoms with van der Waals surface area (Å²) in [5.74, 6) is 0. The Morgan fingerprint density at radius 1 is 0.220 bits per heavy atom. The topological polar surface area (TPSA) is 9.86 Å². The van der Waals surface area contributed by atoms with Gasteiger partial charge in [0.1, 0.15) is 0 Å². The van der Waals surface area contributed by atoms with E-state index in [1.165, 1.54) is 82.7 Å². The first-order chi connectivity index (χ1) is 24.8. The Morgan fingerprint density at radius 3 is 1.20 bits per heavy atom. The van der Waals surface area contributed by atoms with Crippen LogP contribution >= 0.6 is 0 Å². The highest BCUT2D eigenvalue weighted by atomic mass is 15.0. The van der Waals surface area contributed by atoms with E-state index in [0.717, 1.165) is 5.69 Å². The molecule has 0 saturated carbocycles. The Balaban J connectivity index is 1.12. The van der Waals surface area contributed by atoms with E-state index in [4.69, 9.17) is 0 Å². The van der Waals surface area contributed by atoms with Crippen molar-refractivity contribution in [1.29, 1.82) is 0 Å².